The Kier molecular flexibility index (Phi) is 4.33. The number of halogens is 1. The van der Waals surface area contributed by atoms with Crippen LogP contribution in [-0.2, 0) is 0 Å². The van der Waals surface area contributed by atoms with Crippen LogP contribution in [-0.4, -0.2) is 9.55 Å². The standard InChI is InChI=1S/C31H19BrN2/c32-21-10-8-9-20(19-21)30-26-18-17-24-23-13-5-7-16-28(23)34(22-11-2-1-3-12-22)31(24)29(26)25-14-4-6-15-27(25)33-30/h1-19H. The Morgan fingerprint density at radius 2 is 1.32 bits per heavy atom. The normalized spacial score (nSPS) is 11.7. The quantitative estimate of drug-likeness (QED) is 0.217. The van der Waals surface area contributed by atoms with Gasteiger partial charge in [0.15, 0.2) is 0 Å². The minimum Gasteiger partial charge on any atom is -0.309 e. The Balaban J connectivity index is 1.77. The number of nitrogens with zero attached hydrogens (tertiary/aromatic N) is 2. The summed E-state index contributed by atoms with van der Waals surface area (Å²) in [6.07, 6.45) is 0. The van der Waals surface area contributed by atoms with Gasteiger partial charge in [-0.2, -0.15) is 0 Å². The fourth-order valence-corrected chi connectivity index (χ4v) is 5.59. The average molecular weight is 499 g/mol. The molecule has 0 saturated heterocycles. The van der Waals surface area contributed by atoms with E-state index in [2.05, 4.69) is 136 Å². The van der Waals surface area contributed by atoms with Gasteiger partial charge in [0, 0.05) is 42.7 Å². The maximum atomic E-state index is 5.15. The van der Waals surface area contributed by atoms with Crippen molar-refractivity contribution in [3.63, 3.8) is 0 Å². The first-order chi connectivity index (χ1) is 16.8. The van der Waals surface area contributed by atoms with Crippen molar-refractivity contribution in [1.29, 1.82) is 0 Å². The number of hydrogen-bond acceptors (Lipinski definition) is 1. The van der Waals surface area contributed by atoms with E-state index < -0.39 is 0 Å². The van der Waals surface area contributed by atoms with Gasteiger partial charge in [-0.3, -0.25) is 0 Å². The maximum absolute atomic E-state index is 5.15. The molecule has 0 aliphatic rings. The van der Waals surface area contributed by atoms with Gasteiger partial charge in [-0.05, 0) is 36.4 Å². The summed E-state index contributed by atoms with van der Waals surface area (Å²) < 4.78 is 3.46. The van der Waals surface area contributed by atoms with E-state index in [-0.39, 0.29) is 0 Å². The van der Waals surface area contributed by atoms with Crippen molar-refractivity contribution in [3.05, 3.63) is 120 Å². The van der Waals surface area contributed by atoms with E-state index in [1.54, 1.807) is 0 Å². The van der Waals surface area contributed by atoms with Gasteiger partial charge in [0.2, 0.25) is 0 Å². The molecule has 34 heavy (non-hydrogen) atoms. The molecule has 0 fully saturated rings. The largest absolute Gasteiger partial charge is 0.309 e. The van der Waals surface area contributed by atoms with Crippen LogP contribution in [0, 0.1) is 0 Å². The third kappa shape index (κ3) is 2.84. The van der Waals surface area contributed by atoms with Crippen molar-refractivity contribution < 1.29 is 0 Å². The van der Waals surface area contributed by atoms with Crippen LogP contribution in [0.5, 0.6) is 0 Å². The number of fused-ring (bicyclic) bond motifs is 7. The zero-order chi connectivity index (χ0) is 22.6. The van der Waals surface area contributed by atoms with Crippen LogP contribution in [0.1, 0.15) is 0 Å². The number of benzene rings is 5. The van der Waals surface area contributed by atoms with Gasteiger partial charge in [0.05, 0.1) is 22.2 Å². The molecule has 0 aliphatic carbocycles. The number of rotatable bonds is 2. The minimum atomic E-state index is 1.00. The maximum Gasteiger partial charge on any atom is 0.0789 e. The SMILES string of the molecule is Brc1cccc(-c2nc3ccccc3c3c2ccc2c4ccccc4n(-c4ccccc4)c23)c1. The van der Waals surface area contributed by atoms with Crippen molar-refractivity contribution in [2.45, 2.75) is 0 Å². The highest BCUT2D eigenvalue weighted by Crippen LogP contribution is 2.42. The van der Waals surface area contributed by atoms with E-state index in [1.807, 2.05) is 0 Å². The van der Waals surface area contributed by atoms with Crippen LogP contribution in [0.15, 0.2) is 120 Å². The van der Waals surface area contributed by atoms with Gasteiger partial charge in [-0.25, -0.2) is 4.98 Å². The van der Waals surface area contributed by atoms with Crippen molar-refractivity contribution in [1.82, 2.24) is 9.55 Å². The second-order valence-electron chi connectivity index (χ2n) is 8.56. The first-order valence-electron chi connectivity index (χ1n) is 11.4. The molecular weight excluding hydrogens is 480 g/mol. The highest BCUT2D eigenvalue weighted by Gasteiger charge is 2.19. The molecule has 2 heterocycles. The molecule has 0 bridgehead atoms. The average Bonchev–Trinajstić information content (AvgIpc) is 3.23. The molecule has 0 unspecified atom stereocenters. The molecule has 2 nitrogen and oxygen atoms in total. The zero-order valence-electron chi connectivity index (χ0n) is 18.2. The van der Waals surface area contributed by atoms with Gasteiger partial charge < -0.3 is 4.57 Å². The molecule has 5 aromatic carbocycles. The summed E-state index contributed by atoms with van der Waals surface area (Å²) in [7, 11) is 0. The number of pyridine rings is 1. The van der Waals surface area contributed by atoms with E-state index in [0.717, 1.165) is 32.3 Å². The molecule has 0 radical (unpaired) electrons. The van der Waals surface area contributed by atoms with Crippen molar-refractivity contribution in [2.24, 2.45) is 0 Å². The Hall–Kier alpha value is -3.95. The van der Waals surface area contributed by atoms with Crippen LogP contribution in [0.25, 0.3) is 60.4 Å². The lowest BCUT2D eigenvalue weighted by Crippen LogP contribution is -1.96. The zero-order valence-corrected chi connectivity index (χ0v) is 19.8. The topological polar surface area (TPSA) is 17.8 Å². The van der Waals surface area contributed by atoms with E-state index in [1.165, 1.54) is 32.6 Å². The second-order valence-corrected chi connectivity index (χ2v) is 9.48. The Morgan fingerprint density at radius 3 is 2.18 bits per heavy atom. The first kappa shape index (κ1) is 19.5. The summed E-state index contributed by atoms with van der Waals surface area (Å²) in [5.74, 6) is 0. The Bertz CT molecular complexity index is 1870. The third-order valence-electron chi connectivity index (χ3n) is 6.61. The minimum absolute atomic E-state index is 1.00. The molecule has 160 valence electrons. The fourth-order valence-electron chi connectivity index (χ4n) is 5.19. The molecule has 7 aromatic rings. The first-order valence-corrected chi connectivity index (χ1v) is 12.1. The predicted molar refractivity (Wildman–Crippen MR) is 147 cm³/mol. The molecule has 3 heteroatoms. The van der Waals surface area contributed by atoms with Crippen LogP contribution < -0.4 is 0 Å². The lowest BCUT2D eigenvalue weighted by Gasteiger charge is -2.14. The molecule has 0 atom stereocenters. The van der Waals surface area contributed by atoms with Gasteiger partial charge in [0.1, 0.15) is 0 Å². The molecule has 0 spiro atoms. The van der Waals surface area contributed by atoms with Gasteiger partial charge in [0.25, 0.3) is 0 Å². The summed E-state index contributed by atoms with van der Waals surface area (Å²) in [4.78, 5) is 5.15. The van der Waals surface area contributed by atoms with Crippen LogP contribution >= 0.6 is 15.9 Å². The van der Waals surface area contributed by atoms with E-state index in [4.69, 9.17) is 4.98 Å². The summed E-state index contributed by atoms with van der Waals surface area (Å²) in [5.41, 5.74) is 6.70. The molecule has 0 N–H and O–H groups in total. The molecule has 0 aliphatic heterocycles. The van der Waals surface area contributed by atoms with Gasteiger partial charge in [-0.1, -0.05) is 94.8 Å². The highest BCUT2D eigenvalue weighted by molar-refractivity contribution is 9.10. The number of hydrogen-bond donors (Lipinski definition) is 0. The lowest BCUT2D eigenvalue weighted by atomic mass is 9.97. The van der Waals surface area contributed by atoms with Crippen LogP contribution in [0.3, 0.4) is 0 Å². The molecule has 2 aromatic heterocycles. The summed E-state index contributed by atoms with van der Waals surface area (Å²) in [6, 6.07) is 40.7. The monoisotopic (exact) mass is 498 g/mol. The number of para-hydroxylation sites is 3. The number of aromatic nitrogens is 2. The molecule has 0 saturated carbocycles. The van der Waals surface area contributed by atoms with Crippen LogP contribution in [0.2, 0.25) is 0 Å². The highest BCUT2D eigenvalue weighted by atomic mass is 79.9. The summed E-state index contributed by atoms with van der Waals surface area (Å²) in [5, 5.41) is 6.07. The summed E-state index contributed by atoms with van der Waals surface area (Å²) in [6.45, 7) is 0. The van der Waals surface area contributed by atoms with E-state index in [9.17, 15) is 0 Å². The molecule has 0 amide bonds. The lowest BCUT2D eigenvalue weighted by molar-refractivity contribution is 1.19. The second kappa shape index (κ2) is 7.54. The van der Waals surface area contributed by atoms with Crippen LogP contribution in [0.4, 0.5) is 0 Å². The summed E-state index contributed by atoms with van der Waals surface area (Å²) >= 11 is 3.65. The molecular formula is C31H19BrN2. The Morgan fingerprint density at radius 1 is 0.588 bits per heavy atom. The van der Waals surface area contributed by atoms with Crippen molar-refractivity contribution in [2.75, 3.05) is 0 Å². The van der Waals surface area contributed by atoms with Crippen molar-refractivity contribution >= 4 is 59.4 Å². The predicted octanol–water partition coefficient (Wildman–Crippen LogP) is 8.91. The fraction of sp³-hybridized carbons (Fsp3) is 0. The van der Waals surface area contributed by atoms with Crippen molar-refractivity contribution in [3.8, 4) is 16.9 Å². The van der Waals surface area contributed by atoms with Gasteiger partial charge >= 0.3 is 0 Å². The smallest absolute Gasteiger partial charge is 0.0789 e. The van der Waals surface area contributed by atoms with E-state index >= 15 is 0 Å². The van der Waals surface area contributed by atoms with E-state index in [0.29, 0.717) is 0 Å². The third-order valence-corrected chi connectivity index (χ3v) is 7.10. The molecule has 7 rings (SSSR count). The Labute approximate surface area is 205 Å². The van der Waals surface area contributed by atoms with Gasteiger partial charge in [-0.15, -0.1) is 0 Å².